The maximum absolute atomic E-state index is 11.6. The molecule has 13 heavy (non-hydrogen) atoms. The van der Waals surface area contributed by atoms with E-state index < -0.39 is 0 Å². The summed E-state index contributed by atoms with van der Waals surface area (Å²) in [7, 11) is 0. The van der Waals surface area contributed by atoms with E-state index in [1.807, 2.05) is 6.92 Å². The van der Waals surface area contributed by atoms with Crippen LogP contribution in [0.3, 0.4) is 0 Å². The molecule has 0 aromatic carbocycles. The molecule has 1 rings (SSSR count). The Morgan fingerprint density at radius 3 is 2.69 bits per heavy atom. The minimum atomic E-state index is -0.0454. The molecule has 4 nitrogen and oxygen atoms in total. The van der Waals surface area contributed by atoms with Crippen LogP contribution in [0.5, 0.6) is 0 Å². The van der Waals surface area contributed by atoms with E-state index >= 15 is 0 Å². The fourth-order valence-corrected chi connectivity index (χ4v) is 1.09. The molecule has 4 heteroatoms. The number of nitrogens with two attached hydrogens (primary N) is 1. The second-order valence-electron chi connectivity index (χ2n) is 2.97. The minimum Gasteiger partial charge on any atom is -0.330 e. The van der Waals surface area contributed by atoms with Gasteiger partial charge in [-0.3, -0.25) is 4.79 Å². The summed E-state index contributed by atoms with van der Waals surface area (Å²) in [5, 5.41) is 0. The lowest BCUT2D eigenvalue weighted by atomic mass is 9.98. The van der Waals surface area contributed by atoms with Crippen molar-refractivity contribution < 1.29 is 4.79 Å². The SMILES string of the molecule is CC(CCN)C(=O)c1cncnc1. The lowest BCUT2D eigenvalue weighted by molar-refractivity contribution is 0.0924. The van der Waals surface area contributed by atoms with E-state index in [2.05, 4.69) is 9.97 Å². The first-order chi connectivity index (χ1) is 6.25. The first-order valence-electron chi connectivity index (χ1n) is 4.25. The largest absolute Gasteiger partial charge is 0.330 e. The van der Waals surface area contributed by atoms with Crippen molar-refractivity contribution in [2.24, 2.45) is 11.7 Å². The standard InChI is InChI=1S/C9H13N3O/c1-7(2-3-10)9(13)8-4-11-6-12-5-8/h4-7H,2-3,10H2,1H3. The highest BCUT2D eigenvalue weighted by Gasteiger charge is 2.14. The Morgan fingerprint density at radius 2 is 2.15 bits per heavy atom. The molecule has 0 spiro atoms. The van der Waals surface area contributed by atoms with E-state index in [1.54, 1.807) is 0 Å². The van der Waals surface area contributed by atoms with Gasteiger partial charge >= 0.3 is 0 Å². The fourth-order valence-electron chi connectivity index (χ4n) is 1.09. The normalized spacial score (nSPS) is 12.5. The molecule has 70 valence electrons. The summed E-state index contributed by atoms with van der Waals surface area (Å²) in [6, 6.07) is 0. The minimum absolute atomic E-state index is 0.0454. The number of nitrogens with zero attached hydrogens (tertiary/aromatic N) is 2. The van der Waals surface area contributed by atoms with Gasteiger partial charge in [-0.15, -0.1) is 0 Å². The highest BCUT2D eigenvalue weighted by atomic mass is 16.1. The van der Waals surface area contributed by atoms with Gasteiger partial charge in [-0.25, -0.2) is 9.97 Å². The molecular formula is C9H13N3O. The van der Waals surface area contributed by atoms with E-state index in [0.717, 1.165) is 0 Å². The Morgan fingerprint density at radius 1 is 1.54 bits per heavy atom. The summed E-state index contributed by atoms with van der Waals surface area (Å²) < 4.78 is 0. The van der Waals surface area contributed by atoms with Gasteiger partial charge in [-0.2, -0.15) is 0 Å². The number of Topliss-reactive ketones (excluding diaryl/α,β-unsaturated/α-hetero) is 1. The summed E-state index contributed by atoms with van der Waals surface area (Å²) >= 11 is 0. The molecule has 0 fully saturated rings. The van der Waals surface area contributed by atoms with Crippen molar-refractivity contribution in [3.05, 3.63) is 24.3 Å². The molecule has 0 radical (unpaired) electrons. The van der Waals surface area contributed by atoms with Crippen LogP contribution in [-0.4, -0.2) is 22.3 Å². The Kier molecular flexibility index (Phi) is 3.52. The number of carbonyl (C=O) groups is 1. The van der Waals surface area contributed by atoms with E-state index in [0.29, 0.717) is 18.5 Å². The summed E-state index contributed by atoms with van der Waals surface area (Å²) in [6.45, 7) is 2.39. The summed E-state index contributed by atoms with van der Waals surface area (Å²) in [6.07, 6.45) is 5.17. The van der Waals surface area contributed by atoms with Crippen LogP contribution in [0.25, 0.3) is 0 Å². The van der Waals surface area contributed by atoms with E-state index in [-0.39, 0.29) is 11.7 Å². The second-order valence-corrected chi connectivity index (χ2v) is 2.97. The predicted molar refractivity (Wildman–Crippen MR) is 49.2 cm³/mol. The van der Waals surface area contributed by atoms with Crippen LogP contribution in [-0.2, 0) is 0 Å². The zero-order valence-corrected chi connectivity index (χ0v) is 7.60. The van der Waals surface area contributed by atoms with Gasteiger partial charge in [-0.05, 0) is 13.0 Å². The smallest absolute Gasteiger partial charge is 0.168 e. The molecule has 1 heterocycles. The molecule has 0 bridgehead atoms. The molecule has 1 atom stereocenters. The maximum atomic E-state index is 11.6. The summed E-state index contributed by atoms with van der Waals surface area (Å²) in [5.41, 5.74) is 5.92. The Hall–Kier alpha value is -1.29. The second kappa shape index (κ2) is 4.67. The molecule has 1 aromatic heterocycles. The predicted octanol–water partition coefficient (Wildman–Crippen LogP) is 0.644. The van der Waals surface area contributed by atoms with E-state index in [9.17, 15) is 4.79 Å². The van der Waals surface area contributed by atoms with Crippen molar-refractivity contribution in [3.63, 3.8) is 0 Å². The number of rotatable bonds is 4. The topological polar surface area (TPSA) is 68.9 Å². The van der Waals surface area contributed by atoms with Crippen molar-refractivity contribution in [1.29, 1.82) is 0 Å². The Bertz CT molecular complexity index is 273. The van der Waals surface area contributed by atoms with Crippen molar-refractivity contribution >= 4 is 5.78 Å². The van der Waals surface area contributed by atoms with Crippen molar-refractivity contribution in [1.82, 2.24) is 9.97 Å². The van der Waals surface area contributed by atoms with Crippen LogP contribution in [0.2, 0.25) is 0 Å². The number of carbonyl (C=O) groups excluding carboxylic acids is 1. The first kappa shape index (κ1) is 9.80. The van der Waals surface area contributed by atoms with Crippen LogP contribution in [0, 0.1) is 5.92 Å². The lowest BCUT2D eigenvalue weighted by Crippen LogP contribution is -2.15. The molecule has 0 saturated heterocycles. The molecule has 0 aliphatic carbocycles. The number of hydrogen-bond donors (Lipinski definition) is 1. The third-order valence-electron chi connectivity index (χ3n) is 1.89. The average Bonchev–Trinajstić information content (AvgIpc) is 2.18. The molecular weight excluding hydrogens is 166 g/mol. The highest BCUT2D eigenvalue weighted by molar-refractivity contribution is 5.97. The van der Waals surface area contributed by atoms with Gasteiger partial charge in [0, 0.05) is 18.3 Å². The molecule has 0 aliphatic rings. The van der Waals surface area contributed by atoms with Crippen LogP contribution >= 0.6 is 0 Å². The quantitative estimate of drug-likeness (QED) is 0.689. The number of aromatic nitrogens is 2. The zero-order valence-electron chi connectivity index (χ0n) is 7.60. The summed E-state index contributed by atoms with van der Waals surface area (Å²) in [5.74, 6) is 0.0158. The zero-order chi connectivity index (χ0) is 9.68. The van der Waals surface area contributed by atoms with Gasteiger partial charge in [0.2, 0.25) is 0 Å². The van der Waals surface area contributed by atoms with Gasteiger partial charge in [0.1, 0.15) is 6.33 Å². The van der Waals surface area contributed by atoms with Crippen molar-refractivity contribution in [3.8, 4) is 0 Å². The van der Waals surface area contributed by atoms with Gasteiger partial charge in [0.15, 0.2) is 5.78 Å². The van der Waals surface area contributed by atoms with Crippen molar-refractivity contribution in [2.75, 3.05) is 6.54 Å². The average molecular weight is 179 g/mol. The van der Waals surface area contributed by atoms with Gasteiger partial charge < -0.3 is 5.73 Å². The fraction of sp³-hybridized carbons (Fsp3) is 0.444. The van der Waals surface area contributed by atoms with Crippen LogP contribution in [0.15, 0.2) is 18.7 Å². The van der Waals surface area contributed by atoms with Crippen molar-refractivity contribution in [2.45, 2.75) is 13.3 Å². The summed E-state index contributed by atoms with van der Waals surface area (Å²) in [4.78, 5) is 19.2. The molecule has 1 unspecified atom stereocenters. The van der Waals surface area contributed by atoms with E-state index in [1.165, 1.54) is 18.7 Å². The van der Waals surface area contributed by atoms with Crippen LogP contribution in [0.4, 0.5) is 0 Å². The lowest BCUT2D eigenvalue weighted by Gasteiger charge is -2.07. The third-order valence-corrected chi connectivity index (χ3v) is 1.89. The third kappa shape index (κ3) is 2.59. The Labute approximate surface area is 77.2 Å². The molecule has 2 N–H and O–H groups in total. The van der Waals surface area contributed by atoms with Gasteiger partial charge in [-0.1, -0.05) is 6.92 Å². The van der Waals surface area contributed by atoms with Crippen LogP contribution < -0.4 is 5.73 Å². The molecule has 1 aromatic rings. The van der Waals surface area contributed by atoms with Gasteiger partial charge in [0.25, 0.3) is 0 Å². The molecule has 0 amide bonds. The van der Waals surface area contributed by atoms with Crippen LogP contribution in [0.1, 0.15) is 23.7 Å². The van der Waals surface area contributed by atoms with Gasteiger partial charge in [0.05, 0.1) is 5.56 Å². The maximum Gasteiger partial charge on any atom is 0.168 e. The molecule has 0 aliphatic heterocycles. The number of hydrogen-bond acceptors (Lipinski definition) is 4. The number of ketones is 1. The highest BCUT2D eigenvalue weighted by Crippen LogP contribution is 2.08. The molecule has 0 saturated carbocycles. The monoisotopic (exact) mass is 179 g/mol. The van der Waals surface area contributed by atoms with E-state index in [4.69, 9.17) is 5.73 Å². The Balaban J connectivity index is 2.68. The first-order valence-corrected chi connectivity index (χ1v) is 4.25.